The zero-order valence-corrected chi connectivity index (χ0v) is 9.21. The van der Waals surface area contributed by atoms with Crippen LogP contribution in [0.2, 0.25) is 0 Å². The average molecular weight is 253 g/mol. The van der Waals surface area contributed by atoms with Crippen molar-refractivity contribution < 1.29 is 27.0 Å². The van der Waals surface area contributed by atoms with E-state index in [4.69, 9.17) is 0 Å². The van der Waals surface area contributed by atoms with E-state index < -0.39 is 19.0 Å². The largest absolute Gasteiger partial charge is 0.573 e. The minimum Gasteiger partial charge on any atom is -0.459 e. The summed E-state index contributed by atoms with van der Waals surface area (Å²) in [6.45, 7) is -1.23. The van der Waals surface area contributed by atoms with Gasteiger partial charge in [0.25, 0.3) is 0 Å². The molecule has 0 atom stereocenters. The van der Waals surface area contributed by atoms with Crippen LogP contribution >= 0.6 is 0 Å². The first-order valence-corrected chi connectivity index (χ1v) is 4.60. The molecule has 0 bridgehead atoms. The smallest absolute Gasteiger partial charge is 0.459 e. The van der Waals surface area contributed by atoms with Gasteiger partial charge in [-0.2, -0.15) is 0 Å². The molecule has 1 rings (SSSR count). The fourth-order valence-corrected chi connectivity index (χ4v) is 1.25. The van der Waals surface area contributed by atoms with Gasteiger partial charge in [0.1, 0.15) is 0 Å². The predicted molar refractivity (Wildman–Crippen MR) is 54.1 cm³/mol. The zero-order chi connectivity index (χ0) is 13.1. The Morgan fingerprint density at radius 2 is 1.88 bits per heavy atom. The number of benzene rings is 1. The van der Waals surface area contributed by atoms with Gasteiger partial charge < -0.3 is 14.4 Å². The standard InChI is InChI=1S/C10H11F4NO2/c1-15(2)7-4-3-5-8(16-6-11)9(7)17-10(12,13)14/h3-5H,6H2,1-2H3. The molecule has 7 heteroatoms. The lowest BCUT2D eigenvalue weighted by atomic mass is 10.2. The zero-order valence-electron chi connectivity index (χ0n) is 9.21. The van der Waals surface area contributed by atoms with Gasteiger partial charge in [-0.25, -0.2) is 4.39 Å². The Bertz CT molecular complexity index is 379. The SMILES string of the molecule is CN(C)c1cccc(OCF)c1OC(F)(F)F. The second kappa shape index (κ2) is 5.11. The molecule has 1 aromatic carbocycles. The van der Waals surface area contributed by atoms with Crippen LogP contribution in [0, 0.1) is 0 Å². The lowest BCUT2D eigenvalue weighted by molar-refractivity contribution is -0.274. The van der Waals surface area contributed by atoms with Crippen LogP contribution in [0.1, 0.15) is 0 Å². The van der Waals surface area contributed by atoms with E-state index in [0.29, 0.717) is 0 Å². The molecule has 0 N–H and O–H groups in total. The van der Waals surface area contributed by atoms with E-state index in [9.17, 15) is 17.6 Å². The van der Waals surface area contributed by atoms with Gasteiger partial charge in [0.2, 0.25) is 6.86 Å². The van der Waals surface area contributed by atoms with Crippen molar-refractivity contribution in [3.63, 3.8) is 0 Å². The molecule has 17 heavy (non-hydrogen) atoms. The number of anilines is 1. The molecule has 96 valence electrons. The van der Waals surface area contributed by atoms with Gasteiger partial charge in [-0.1, -0.05) is 6.07 Å². The number of halogens is 4. The van der Waals surface area contributed by atoms with Crippen molar-refractivity contribution >= 4 is 5.69 Å². The maximum absolute atomic E-state index is 12.2. The lowest BCUT2D eigenvalue weighted by Gasteiger charge is -2.20. The molecule has 0 heterocycles. The van der Waals surface area contributed by atoms with E-state index >= 15 is 0 Å². The van der Waals surface area contributed by atoms with Crippen LogP contribution in [0.15, 0.2) is 18.2 Å². The van der Waals surface area contributed by atoms with Crippen LogP contribution in [0.5, 0.6) is 11.5 Å². The molecule has 0 spiro atoms. The minimum atomic E-state index is -4.86. The van der Waals surface area contributed by atoms with Crippen molar-refractivity contribution in [1.82, 2.24) is 0 Å². The maximum Gasteiger partial charge on any atom is 0.573 e. The summed E-state index contributed by atoms with van der Waals surface area (Å²) in [5.74, 6) is -0.848. The monoisotopic (exact) mass is 253 g/mol. The number of nitrogens with zero attached hydrogens (tertiary/aromatic N) is 1. The molecular formula is C10H11F4NO2. The van der Waals surface area contributed by atoms with Crippen molar-refractivity contribution in [3.05, 3.63) is 18.2 Å². The minimum absolute atomic E-state index is 0.147. The topological polar surface area (TPSA) is 21.7 Å². The molecule has 0 aliphatic rings. The van der Waals surface area contributed by atoms with Gasteiger partial charge in [0.15, 0.2) is 11.5 Å². The van der Waals surface area contributed by atoms with Gasteiger partial charge in [0, 0.05) is 14.1 Å². The van der Waals surface area contributed by atoms with E-state index in [2.05, 4.69) is 9.47 Å². The fourth-order valence-electron chi connectivity index (χ4n) is 1.25. The third kappa shape index (κ3) is 3.69. The number of hydrogen-bond donors (Lipinski definition) is 0. The van der Waals surface area contributed by atoms with Crippen LogP contribution in [0.4, 0.5) is 23.2 Å². The Morgan fingerprint density at radius 1 is 1.24 bits per heavy atom. The first kappa shape index (κ1) is 13.4. The Hall–Kier alpha value is -1.66. The normalized spacial score (nSPS) is 11.2. The van der Waals surface area contributed by atoms with E-state index in [1.54, 1.807) is 0 Å². The van der Waals surface area contributed by atoms with Gasteiger partial charge >= 0.3 is 6.36 Å². The molecule has 1 aromatic rings. The van der Waals surface area contributed by atoms with Crippen molar-refractivity contribution in [2.45, 2.75) is 6.36 Å². The Labute approximate surface area is 95.5 Å². The molecule has 0 fully saturated rings. The summed E-state index contributed by atoms with van der Waals surface area (Å²) in [5.41, 5.74) is 0.147. The third-order valence-corrected chi connectivity index (χ3v) is 1.87. The van der Waals surface area contributed by atoms with Crippen LogP contribution in [-0.4, -0.2) is 27.3 Å². The van der Waals surface area contributed by atoms with Gasteiger partial charge in [0.05, 0.1) is 5.69 Å². The highest BCUT2D eigenvalue weighted by molar-refractivity contribution is 5.64. The van der Waals surface area contributed by atoms with E-state index in [0.717, 1.165) is 0 Å². The molecule has 0 amide bonds. The summed E-state index contributed by atoms with van der Waals surface area (Å²) in [6, 6.07) is 4.06. The van der Waals surface area contributed by atoms with Crippen molar-refractivity contribution in [2.75, 3.05) is 25.9 Å². The number of rotatable bonds is 4. The summed E-state index contributed by atoms with van der Waals surface area (Å²) in [5, 5.41) is 0. The predicted octanol–water partition coefficient (Wildman–Crippen LogP) is 2.96. The van der Waals surface area contributed by atoms with Crippen LogP contribution in [0.25, 0.3) is 0 Å². The fraction of sp³-hybridized carbons (Fsp3) is 0.400. The summed E-state index contributed by atoms with van der Waals surface area (Å²) >= 11 is 0. The van der Waals surface area contributed by atoms with Crippen LogP contribution in [-0.2, 0) is 0 Å². The molecule has 0 aliphatic carbocycles. The second-order valence-corrected chi connectivity index (χ2v) is 3.30. The third-order valence-electron chi connectivity index (χ3n) is 1.87. The van der Waals surface area contributed by atoms with Gasteiger partial charge in [-0.05, 0) is 12.1 Å². The molecule has 3 nitrogen and oxygen atoms in total. The van der Waals surface area contributed by atoms with Gasteiger partial charge in [-0.15, -0.1) is 13.2 Å². The summed E-state index contributed by atoms with van der Waals surface area (Å²) in [7, 11) is 3.08. The molecule has 0 unspecified atom stereocenters. The Kier molecular flexibility index (Phi) is 4.03. The first-order valence-electron chi connectivity index (χ1n) is 4.60. The van der Waals surface area contributed by atoms with Crippen LogP contribution < -0.4 is 14.4 Å². The van der Waals surface area contributed by atoms with E-state index in [-0.39, 0.29) is 11.4 Å². The summed E-state index contributed by atoms with van der Waals surface area (Å²) < 4.78 is 57.0. The number of para-hydroxylation sites is 1. The van der Waals surface area contributed by atoms with Crippen LogP contribution in [0.3, 0.4) is 0 Å². The summed E-state index contributed by atoms with van der Waals surface area (Å²) in [4.78, 5) is 1.41. The second-order valence-electron chi connectivity index (χ2n) is 3.30. The Morgan fingerprint density at radius 3 is 2.35 bits per heavy atom. The number of ether oxygens (including phenoxy) is 2. The van der Waals surface area contributed by atoms with Crippen molar-refractivity contribution in [1.29, 1.82) is 0 Å². The highest BCUT2D eigenvalue weighted by Crippen LogP contribution is 2.40. The molecule has 0 radical (unpaired) electrons. The molecule has 0 saturated carbocycles. The maximum atomic E-state index is 12.2. The number of hydrogen-bond acceptors (Lipinski definition) is 3. The quantitative estimate of drug-likeness (QED) is 0.770. The van der Waals surface area contributed by atoms with E-state index in [1.807, 2.05) is 0 Å². The lowest BCUT2D eigenvalue weighted by Crippen LogP contribution is -2.20. The molecular weight excluding hydrogens is 242 g/mol. The van der Waals surface area contributed by atoms with Gasteiger partial charge in [-0.3, -0.25) is 0 Å². The Balaban J connectivity index is 3.18. The first-order chi connectivity index (χ1) is 7.85. The number of alkyl halides is 4. The van der Waals surface area contributed by atoms with Crippen molar-refractivity contribution in [2.24, 2.45) is 0 Å². The van der Waals surface area contributed by atoms with Crippen molar-refractivity contribution in [3.8, 4) is 11.5 Å². The molecule has 0 aliphatic heterocycles. The highest BCUT2D eigenvalue weighted by Gasteiger charge is 2.34. The molecule has 0 saturated heterocycles. The van der Waals surface area contributed by atoms with E-state index in [1.165, 1.54) is 37.2 Å². The summed E-state index contributed by atoms with van der Waals surface area (Å²) in [6.07, 6.45) is -4.86. The average Bonchev–Trinajstić information content (AvgIpc) is 2.18. The highest BCUT2D eigenvalue weighted by atomic mass is 19.4. The molecule has 0 aromatic heterocycles.